The van der Waals surface area contributed by atoms with E-state index >= 15 is 0 Å². The van der Waals surface area contributed by atoms with E-state index in [1.54, 1.807) is 36.4 Å². The Kier molecular flexibility index (Phi) is 12.5. The zero-order valence-electron chi connectivity index (χ0n) is 18.7. The first kappa shape index (κ1) is 25.0. The van der Waals surface area contributed by atoms with Crippen LogP contribution < -0.4 is 10.1 Å². The maximum Gasteiger partial charge on any atom is 0.343 e. The zero-order chi connectivity index (χ0) is 22.2. The second-order valence-corrected chi connectivity index (χ2v) is 8.31. The Balaban J connectivity index is 1.55. The van der Waals surface area contributed by atoms with E-state index in [9.17, 15) is 4.79 Å². The molecule has 4 heteroatoms. The van der Waals surface area contributed by atoms with Gasteiger partial charge in [-0.1, -0.05) is 69.2 Å². The van der Waals surface area contributed by atoms with Crippen LogP contribution in [0.15, 0.2) is 60.7 Å². The maximum atomic E-state index is 12.2. The molecule has 0 saturated carbocycles. The van der Waals surface area contributed by atoms with Gasteiger partial charge in [-0.2, -0.15) is 0 Å². The number of nitrogens with one attached hydrogen (secondary N) is 1. The highest BCUT2D eigenvalue weighted by Crippen LogP contribution is 2.18. The van der Waals surface area contributed by atoms with Gasteiger partial charge >= 0.3 is 5.97 Å². The van der Waals surface area contributed by atoms with Crippen molar-refractivity contribution >= 4 is 23.3 Å². The van der Waals surface area contributed by atoms with Gasteiger partial charge in [-0.15, -0.1) is 0 Å². The molecule has 0 saturated heterocycles. The molecule has 168 valence electrons. The fourth-order valence-electron chi connectivity index (χ4n) is 3.30. The molecule has 0 fully saturated rings. The number of unbranched alkanes of at least 4 members (excludes halogenated alkanes) is 8. The van der Waals surface area contributed by atoms with E-state index in [4.69, 9.17) is 16.3 Å². The molecular weight excluding hydrogens is 406 g/mol. The summed E-state index contributed by atoms with van der Waals surface area (Å²) in [5.41, 5.74) is 1.53. The van der Waals surface area contributed by atoms with E-state index in [0.717, 1.165) is 25.1 Å². The molecular formula is C27H36ClNO2. The van der Waals surface area contributed by atoms with Gasteiger partial charge in [0.25, 0.3) is 0 Å². The fraction of sp³-hybridized carbons (Fsp3) is 0.444. The largest absolute Gasteiger partial charge is 0.423 e. The van der Waals surface area contributed by atoms with Crippen LogP contribution in [0, 0.1) is 0 Å². The number of carbonyl (C=O) groups excluding carboxylic acids is 1. The fourth-order valence-corrected chi connectivity index (χ4v) is 3.43. The van der Waals surface area contributed by atoms with E-state index in [0.29, 0.717) is 16.3 Å². The Labute approximate surface area is 192 Å². The van der Waals surface area contributed by atoms with Crippen molar-refractivity contribution in [3.05, 3.63) is 71.3 Å². The van der Waals surface area contributed by atoms with Gasteiger partial charge in [-0.05, 0) is 74.2 Å². The van der Waals surface area contributed by atoms with Gasteiger partial charge in [0.15, 0.2) is 0 Å². The maximum absolute atomic E-state index is 12.2. The van der Waals surface area contributed by atoms with Crippen LogP contribution >= 0.6 is 11.6 Å². The van der Waals surface area contributed by atoms with Crippen molar-refractivity contribution in [1.82, 2.24) is 0 Å². The summed E-state index contributed by atoms with van der Waals surface area (Å²) in [5.74, 6) is 0.108. The summed E-state index contributed by atoms with van der Waals surface area (Å²) in [5, 5.41) is 4.01. The number of carbonyl (C=O) groups is 1. The van der Waals surface area contributed by atoms with Crippen LogP contribution in [0.2, 0.25) is 5.02 Å². The molecule has 3 nitrogen and oxygen atoms in total. The number of benzene rings is 2. The molecule has 0 radical (unpaired) electrons. The Morgan fingerprint density at radius 3 is 2.13 bits per heavy atom. The molecule has 0 spiro atoms. The SMILES string of the molecule is CCCCCCCCC/C=C/CCCNc1ccc(C(=O)Oc2ccc(Cl)cc2)cc1. The third-order valence-electron chi connectivity index (χ3n) is 5.16. The van der Waals surface area contributed by atoms with Crippen LogP contribution in [0.4, 0.5) is 5.69 Å². The topological polar surface area (TPSA) is 38.3 Å². The molecule has 1 N–H and O–H groups in total. The summed E-state index contributed by atoms with van der Waals surface area (Å²) in [6.07, 6.45) is 17.6. The number of allylic oxidation sites excluding steroid dienone is 2. The summed E-state index contributed by atoms with van der Waals surface area (Å²) in [6.45, 7) is 3.18. The highest BCUT2D eigenvalue weighted by atomic mass is 35.5. The Bertz CT molecular complexity index is 769. The van der Waals surface area contributed by atoms with Crippen LogP contribution in [0.5, 0.6) is 5.75 Å². The van der Waals surface area contributed by atoms with E-state index < -0.39 is 0 Å². The smallest absolute Gasteiger partial charge is 0.343 e. The lowest BCUT2D eigenvalue weighted by molar-refractivity contribution is 0.0735. The quantitative estimate of drug-likeness (QED) is 0.130. The minimum atomic E-state index is -0.375. The molecule has 0 unspecified atom stereocenters. The summed E-state index contributed by atoms with van der Waals surface area (Å²) in [4.78, 5) is 12.2. The number of hydrogen-bond donors (Lipinski definition) is 1. The standard InChI is InChI=1S/C27H36ClNO2/c1-2-3-4-5-6-7-8-9-10-11-12-13-22-29-25-18-14-23(15-19-25)27(30)31-26-20-16-24(28)17-21-26/h10-11,14-21,29H,2-9,12-13,22H2,1H3/b11-10+. The normalized spacial score (nSPS) is 11.0. The van der Waals surface area contributed by atoms with E-state index in [1.807, 2.05) is 12.1 Å². The molecule has 0 aromatic heterocycles. The van der Waals surface area contributed by atoms with Crippen LogP contribution in [0.3, 0.4) is 0 Å². The summed E-state index contributed by atoms with van der Waals surface area (Å²) in [6, 6.07) is 14.1. The highest BCUT2D eigenvalue weighted by Gasteiger charge is 2.08. The van der Waals surface area contributed by atoms with Crippen molar-refractivity contribution in [2.45, 2.75) is 71.1 Å². The Morgan fingerprint density at radius 1 is 0.839 bits per heavy atom. The monoisotopic (exact) mass is 441 g/mol. The summed E-state index contributed by atoms with van der Waals surface area (Å²) >= 11 is 5.84. The minimum Gasteiger partial charge on any atom is -0.423 e. The van der Waals surface area contributed by atoms with Gasteiger partial charge < -0.3 is 10.1 Å². The second-order valence-electron chi connectivity index (χ2n) is 7.87. The Morgan fingerprint density at radius 2 is 1.45 bits per heavy atom. The van der Waals surface area contributed by atoms with Crippen molar-refractivity contribution in [3.8, 4) is 5.75 Å². The van der Waals surface area contributed by atoms with Crippen molar-refractivity contribution < 1.29 is 9.53 Å². The van der Waals surface area contributed by atoms with Gasteiger partial charge in [-0.25, -0.2) is 4.79 Å². The molecule has 0 amide bonds. The number of hydrogen-bond acceptors (Lipinski definition) is 3. The second kappa shape index (κ2) is 15.5. The van der Waals surface area contributed by atoms with E-state index in [-0.39, 0.29) is 5.97 Å². The van der Waals surface area contributed by atoms with Crippen LogP contribution in [0.1, 0.15) is 81.5 Å². The predicted octanol–water partition coefficient (Wildman–Crippen LogP) is 8.45. The zero-order valence-corrected chi connectivity index (χ0v) is 19.5. The minimum absolute atomic E-state index is 0.375. The first-order valence-electron chi connectivity index (χ1n) is 11.7. The number of anilines is 1. The molecule has 0 aliphatic rings. The molecule has 2 aromatic carbocycles. The van der Waals surface area contributed by atoms with E-state index in [1.165, 1.54) is 51.4 Å². The molecule has 0 heterocycles. The van der Waals surface area contributed by atoms with E-state index in [2.05, 4.69) is 24.4 Å². The molecule has 0 atom stereocenters. The first-order valence-corrected chi connectivity index (χ1v) is 12.0. The average Bonchev–Trinajstić information content (AvgIpc) is 2.79. The average molecular weight is 442 g/mol. The number of ether oxygens (including phenoxy) is 1. The molecule has 2 aromatic rings. The number of rotatable bonds is 15. The third kappa shape index (κ3) is 11.1. The molecule has 0 aliphatic heterocycles. The number of esters is 1. The van der Waals surface area contributed by atoms with Gasteiger partial charge in [0.05, 0.1) is 5.56 Å². The summed E-state index contributed by atoms with van der Waals surface area (Å²) < 4.78 is 5.35. The molecule has 31 heavy (non-hydrogen) atoms. The molecule has 0 aliphatic carbocycles. The van der Waals surface area contributed by atoms with Crippen LogP contribution in [0.25, 0.3) is 0 Å². The predicted molar refractivity (Wildman–Crippen MR) is 132 cm³/mol. The lowest BCUT2D eigenvalue weighted by Crippen LogP contribution is -2.08. The molecule has 2 rings (SSSR count). The van der Waals surface area contributed by atoms with Crippen molar-refractivity contribution in [1.29, 1.82) is 0 Å². The van der Waals surface area contributed by atoms with Crippen LogP contribution in [-0.2, 0) is 0 Å². The Hall–Kier alpha value is -2.26. The van der Waals surface area contributed by atoms with Gasteiger partial charge in [0.1, 0.15) is 5.75 Å². The van der Waals surface area contributed by atoms with Crippen molar-refractivity contribution in [3.63, 3.8) is 0 Å². The number of halogens is 1. The third-order valence-corrected chi connectivity index (χ3v) is 5.41. The van der Waals surface area contributed by atoms with Gasteiger partial charge in [-0.3, -0.25) is 0 Å². The lowest BCUT2D eigenvalue weighted by atomic mass is 10.1. The van der Waals surface area contributed by atoms with Crippen molar-refractivity contribution in [2.75, 3.05) is 11.9 Å². The lowest BCUT2D eigenvalue weighted by Gasteiger charge is -2.07. The van der Waals surface area contributed by atoms with Crippen LogP contribution in [-0.4, -0.2) is 12.5 Å². The van der Waals surface area contributed by atoms with Gasteiger partial charge in [0.2, 0.25) is 0 Å². The highest BCUT2D eigenvalue weighted by molar-refractivity contribution is 6.30. The molecule has 0 bridgehead atoms. The summed E-state index contributed by atoms with van der Waals surface area (Å²) in [7, 11) is 0. The first-order chi connectivity index (χ1) is 15.2. The van der Waals surface area contributed by atoms with Gasteiger partial charge in [0, 0.05) is 17.3 Å². The van der Waals surface area contributed by atoms with Crippen molar-refractivity contribution in [2.24, 2.45) is 0 Å².